The Hall–Kier alpha value is -3.94. The van der Waals surface area contributed by atoms with Crippen LogP contribution in [-0.2, 0) is 29.5 Å². The lowest BCUT2D eigenvalue weighted by Crippen LogP contribution is -2.45. The number of aryl methyl sites for hydroxylation is 1. The minimum Gasteiger partial charge on any atom is -0.370 e. The van der Waals surface area contributed by atoms with E-state index in [2.05, 4.69) is 24.0 Å². The first-order valence-electron chi connectivity index (χ1n) is 12.7. The quantitative estimate of drug-likeness (QED) is 0.419. The predicted octanol–water partition coefficient (Wildman–Crippen LogP) is 4.93. The summed E-state index contributed by atoms with van der Waals surface area (Å²) in [6.45, 7) is 4.46. The second kappa shape index (κ2) is 8.87. The molecule has 0 aliphatic heterocycles. The van der Waals surface area contributed by atoms with E-state index in [-0.39, 0.29) is 29.5 Å². The van der Waals surface area contributed by atoms with Gasteiger partial charge in [0.15, 0.2) is 5.82 Å². The van der Waals surface area contributed by atoms with E-state index in [0.29, 0.717) is 29.4 Å². The Bertz CT molecular complexity index is 1520. The van der Waals surface area contributed by atoms with Crippen molar-refractivity contribution in [3.63, 3.8) is 0 Å². The summed E-state index contributed by atoms with van der Waals surface area (Å²) in [5.41, 5.74) is 10.7. The minimum atomic E-state index is -0.377. The van der Waals surface area contributed by atoms with Crippen molar-refractivity contribution in [3.05, 3.63) is 82.9 Å². The van der Waals surface area contributed by atoms with E-state index in [9.17, 15) is 4.79 Å². The third-order valence-electron chi connectivity index (χ3n) is 8.15. The lowest BCUT2D eigenvalue weighted by atomic mass is 9.56. The molecule has 2 N–H and O–H groups in total. The molecular weight excluding hydrogens is 469 g/mol. The Kier molecular flexibility index (Phi) is 5.62. The number of carbonyl (C=O) groups is 1. The van der Waals surface area contributed by atoms with E-state index >= 15 is 4.39 Å². The van der Waals surface area contributed by atoms with Crippen LogP contribution in [-0.4, -0.2) is 26.0 Å². The van der Waals surface area contributed by atoms with Crippen LogP contribution >= 0.6 is 0 Å². The van der Waals surface area contributed by atoms with Crippen molar-refractivity contribution >= 4 is 5.91 Å². The molecule has 3 aromatic heterocycles. The second-order valence-corrected chi connectivity index (χ2v) is 10.4. The Morgan fingerprint density at radius 1 is 1.24 bits per heavy atom. The molecule has 0 radical (unpaired) electrons. The Morgan fingerprint density at radius 2 is 2.08 bits per heavy atom. The van der Waals surface area contributed by atoms with Gasteiger partial charge in [0, 0.05) is 51.9 Å². The Balaban J connectivity index is 1.55. The van der Waals surface area contributed by atoms with Gasteiger partial charge in [0.1, 0.15) is 11.6 Å². The van der Waals surface area contributed by atoms with Crippen LogP contribution in [0.2, 0.25) is 0 Å². The fraction of sp³-hybridized carbons (Fsp3) is 0.345. The predicted molar refractivity (Wildman–Crippen MR) is 136 cm³/mol. The molecule has 8 heteroatoms. The monoisotopic (exact) mass is 497 g/mol. The first kappa shape index (κ1) is 23.5. The number of nitrogens with zero attached hydrogens (tertiary/aromatic N) is 4. The highest BCUT2D eigenvalue weighted by Gasteiger charge is 2.50. The zero-order valence-electron chi connectivity index (χ0n) is 20.9. The molecule has 0 saturated heterocycles. The molecule has 0 spiro atoms. The number of fused-ring (bicyclic) bond motifs is 4. The fourth-order valence-corrected chi connectivity index (χ4v) is 6.37. The van der Waals surface area contributed by atoms with Crippen molar-refractivity contribution in [2.45, 2.75) is 57.3 Å². The number of benzene rings is 1. The van der Waals surface area contributed by atoms with Gasteiger partial charge < -0.3 is 10.3 Å². The SMILES string of the molecule is C[C@H]1c2oncc2C[C@@]2(C)c3nc(-c4ccnc(CCC(N)=O)c4)nc(-c4ccccc4F)c3CC[C@H]12. The van der Waals surface area contributed by atoms with Gasteiger partial charge in [0.25, 0.3) is 0 Å². The Labute approximate surface area is 214 Å². The van der Waals surface area contributed by atoms with E-state index in [4.69, 9.17) is 20.2 Å². The molecule has 6 rings (SSSR count). The van der Waals surface area contributed by atoms with E-state index < -0.39 is 0 Å². The van der Waals surface area contributed by atoms with Crippen LogP contribution in [0.5, 0.6) is 0 Å². The summed E-state index contributed by atoms with van der Waals surface area (Å²) in [7, 11) is 0. The van der Waals surface area contributed by atoms with Gasteiger partial charge in [-0.05, 0) is 55.9 Å². The van der Waals surface area contributed by atoms with Gasteiger partial charge in [-0.3, -0.25) is 9.78 Å². The molecule has 37 heavy (non-hydrogen) atoms. The van der Waals surface area contributed by atoms with Gasteiger partial charge in [-0.2, -0.15) is 0 Å². The lowest BCUT2D eigenvalue weighted by Gasteiger charge is -2.47. The molecule has 0 saturated carbocycles. The lowest BCUT2D eigenvalue weighted by molar-refractivity contribution is -0.118. The van der Waals surface area contributed by atoms with Crippen molar-refractivity contribution in [1.82, 2.24) is 20.1 Å². The summed E-state index contributed by atoms with van der Waals surface area (Å²) in [6.07, 6.45) is 6.59. The normalized spacial score (nSPS) is 22.1. The van der Waals surface area contributed by atoms with Crippen LogP contribution < -0.4 is 5.73 Å². The van der Waals surface area contributed by atoms with Crippen LogP contribution in [0.15, 0.2) is 53.3 Å². The molecule has 0 unspecified atom stereocenters. The number of rotatable bonds is 5. The molecule has 2 aliphatic carbocycles. The highest BCUT2D eigenvalue weighted by atomic mass is 19.1. The number of pyridine rings is 1. The van der Waals surface area contributed by atoms with Gasteiger partial charge in [0.2, 0.25) is 5.91 Å². The van der Waals surface area contributed by atoms with Crippen molar-refractivity contribution in [1.29, 1.82) is 0 Å². The van der Waals surface area contributed by atoms with Gasteiger partial charge >= 0.3 is 0 Å². The summed E-state index contributed by atoms with van der Waals surface area (Å²) < 4.78 is 20.8. The first-order chi connectivity index (χ1) is 17.8. The number of halogens is 1. The van der Waals surface area contributed by atoms with E-state index in [1.54, 1.807) is 18.3 Å². The zero-order chi connectivity index (χ0) is 25.7. The molecule has 1 amide bonds. The number of amides is 1. The molecule has 0 bridgehead atoms. The van der Waals surface area contributed by atoms with Crippen LogP contribution in [0.4, 0.5) is 4.39 Å². The maximum atomic E-state index is 15.1. The maximum absolute atomic E-state index is 15.1. The molecule has 3 heterocycles. The van der Waals surface area contributed by atoms with Crippen molar-refractivity contribution in [3.8, 4) is 22.6 Å². The Morgan fingerprint density at radius 3 is 2.89 bits per heavy atom. The number of hydrogen-bond acceptors (Lipinski definition) is 6. The van der Waals surface area contributed by atoms with Gasteiger partial charge in [-0.1, -0.05) is 31.1 Å². The highest BCUT2D eigenvalue weighted by Crippen LogP contribution is 2.54. The number of hydrogen-bond donors (Lipinski definition) is 1. The molecular formula is C29H28FN5O2. The fourth-order valence-electron chi connectivity index (χ4n) is 6.37. The van der Waals surface area contributed by atoms with Crippen LogP contribution in [0.1, 0.15) is 60.9 Å². The van der Waals surface area contributed by atoms with Gasteiger partial charge in [-0.25, -0.2) is 14.4 Å². The molecule has 3 atom stereocenters. The number of carbonyl (C=O) groups excluding carboxylic acids is 1. The largest absolute Gasteiger partial charge is 0.370 e. The second-order valence-electron chi connectivity index (χ2n) is 10.4. The van der Waals surface area contributed by atoms with Gasteiger partial charge in [-0.15, -0.1) is 0 Å². The average Bonchev–Trinajstić information content (AvgIpc) is 3.36. The standard InChI is InChI=1S/C29H28FN5O2/c1-16-22-9-8-21-25(20-5-3-4-6-23(20)30)34-28(17-11-12-32-19(13-17)7-10-24(31)36)35-27(21)29(22,2)14-18-15-33-37-26(16)18/h3-6,11-13,15-16,22H,7-10,14H2,1-2H3,(H2,31,36)/t16-,22-,29-/m1/s1. The molecule has 4 aromatic rings. The molecule has 0 fully saturated rings. The van der Waals surface area contributed by atoms with E-state index in [0.717, 1.165) is 53.1 Å². The van der Waals surface area contributed by atoms with Crippen LogP contribution in [0, 0.1) is 11.7 Å². The molecule has 1 aromatic carbocycles. The van der Waals surface area contributed by atoms with Crippen molar-refractivity contribution < 1.29 is 13.7 Å². The number of aromatic nitrogens is 4. The average molecular weight is 498 g/mol. The van der Waals surface area contributed by atoms with Crippen LogP contribution in [0.25, 0.3) is 22.6 Å². The maximum Gasteiger partial charge on any atom is 0.217 e. The van der Waals surface area contributed by atoms with E-state index in [1.807, 2.05) is 24.4 Å². The number of nitrogens with two attached hydrogens (primary N) is 1. The van der Waals surface area contributed by atoms with E-state index in [1.165, 1.54) is 6.07 Å². The number of primary amides is 1. The zero-order valence-corrected chi connectivity index (χ0v) is 20.9. The van der Waals surface area contributed by atoms with Crippen LogP contribution in [0.3, 0.4) is 0 Å². The summed E-state index contributed by atoms with van der Waals surface area (Å²) in [4.78, 5) is 25.8. The third-order valence-corrected chi connectivity index (χ3v) is 8.15. The van der Waals surface area contributed by atoms with Gasteiger partial charge in [0.05, 0.1) is 17.6 Å². The summed E-state index contributed by atoms with van der Waals surface area (Å²) in [6, 6.07) is 10.5. The summed E-state index contributed by atoms with van der Waals surface area (Å²) >= 11 is 0. The van der Waals surface area contributed by atoms with Crippen molar-refractivity contribution in [2.24, 2.45) is 11.7 Å². The minimum absolute atomic E-state index is 0.195. The smallest absolute Gasteiger partial charge is 0.217 e. The highest BCUT2D eigenvalue weighted by molar-refractivity contribution is 5.74. The summed E-state index contributed by atoms with van der Waals surface area (Å²) in [5.74, 6) is 1.30. The first-order valence-corrected chi connectivity index (χ1v) is 12.7. The van der Waals surface area contributed by atoms with Crippen molar-refractivity contribution in [2.75, 3.05) is 0 Å². The third kappa shape index (κ3) is 3.91. The molecule has 2 aliphatic rings. The summed E-state index contributed by atoms with van der Waals surface area (Å²) in [5, 5.41) is 4.08. The molecule has 188 valence electrons. The molecule has 7 nitrogen and oxygen atoms in total. The topological polar surface area (TPSA) is 108 Å².